The minimum Gasteiger partial charge on any atom is -0.310 e. The number of aryl methyl sites for hydroxylation is 2. The molecule has 2 heteroatoms. The second kappa shape index (κ2) is 10.5. The summed E-state index contributed by atoms with van der Waals surface area (Å²) in [4.78, 5) is 2.33. The smallest absolute Gasteiger partial charge is 0.0472 e. The van der Waals surface area contributed by atoms with Crippen LogP contribution in [0.25, 0.3) is 0 Å². The van der Waals surface area contributed by atoms with E-state index in [0.29, 0.717) is 0 Å². The third-order valence-corrected chi connectivity index (χ3v) is 5.59. The summed E-state index contributed by atoms with van der Waals surface area (Å²) in [5, 5.41) is 0. The van der Waals surface area contributed by atoms with Crippen molar-refractivity contribution in [3.8, 4) is 0 Å². The molecule has 0 unspecified atom stereocenters. The lowest BCUT2D eigenvalue weighted by Crippen LogP contribution is -2.10. The predicted octanol–water partition coefficient (Wildman–Crippen LogP) is 8.60. The van der Waals surface area contributed by atoms with Crippen LogP contribution in [0.15, 0.2) is 77.3 Å². The fraction of sp³-hybridized carbons (Fsp3) is 0.308. The Hall–Kier alpha value is -2.06. The number of rotatable bonds is 9. The molecule has 0 fully saturated rings. The molecule has 0 N–H and O–H groups in total. The lowest BCUT2D eigenvalue weighted by molar-refractivity contribution is 0.795. The molecule has 0 radical (unpaired) electrons. The molecule has 0 aliphatic heterocycles. The molecular weight excluding hydrogens is 406 g/mol. The highest BCUT2D eigenvalue weighted by Gasteiger charge is 2.13. The lowest BCUT2D eigenvalue weighted by Gasteiger charge is -2.26. The highest BCUT2D eigenvalue weighted by molar-refractivity contribution is 9.10. The average Bonchev–Trinajstić information content (AvgIpc) is 2.73. The Morgan fingerprint density at radius 3 is 1.57 bits per heavy atom. The predicted molar refractivity (Wildman–Crippen MR) is 126 cm³/mol. The van der Waals surface area contributed by atoms with Gasteiger partial charge in [0.15, 0.2) is 0 Å². The molecule has 1 nitrogen and oxygen atoms in total. The summed E-state index contributed by atoms with van der Waals surface area (Å²) >= 11 is 3.63. The van der Waals surface area contributed by atoms with E-state index in [0.717, 1.165) is 23.0 Å². The van der Waals surface area contributed by atoms with Gasteiger partial charge in [0.05, 0.1) is 0 Å². The third-order valence-electron chi connectivity index (χ3n) is 5.09. The molecule has 28 heavy (non-hydrogen) atoms. The summed E-state index contributed by atoms with van der Waals surface area (Å²) in [5.74, 6) is 0. The maximum absolute atomic E-state index is 3.63. The van der Waals surface area contributed by atoms with E-state index < -0.39 is 0 Å². The van der Waals surface area contributed by atoms with Crippen LogP contribution in [0.2, 0.25) is 0 Å². The second-order valence-electron chi connectivity index (χ2n) is 7.36. The van der Waals surface area contributed by atoms with E-state index in [1.54, 1.807) is 0 Å². The quantitative estimate of drug-likeness (QED) is 0.325. The Bertz CT molecular complexity index is 801. The molecule has 0 spiro atoms. The van der Waals surface area contributed by atoms with Gasteiger partial charge >= 0.3 is 0 Å². The molecule has 3 aromatic rings. The Morgan fingerprint density at radius 1 is 0.643 bits per heavy atom. The molecule has 0 saturated carbocycles. The molecule has 0 heterocycles. The molecule has 3 rings (SSSR count). The monoisotopic (exact) mass is 435 g/mol. The van der Waals surface area contributed by atoms with Gasteiger partial charge in [0.2, 0.25) is 0 Å². The molecular formula is C26H30BrN. The number of nitrogens with zero attached hydrogens (tertiary/aromatic N) is 1. The van der Waals surface area contributed by atoms with E-state index in [2.05, 4.69) is 107 Å². The maximum atomic E-state index is 3.63. The number of halogens is 1. The zero-order valence-corrected chi connectivity index (χ0v) is 18.6. The first-order valence-corrected chi connectivity index (χ1v) is 11.2. The number of benzene rings is 3. The third kappa shape index (κ3) is 5.48. The van der Waals surface area contributed by atoms with Gasteiger partial charge in [0.25, 0.3) is 0 Å². The van der Waals surface area contributed by atoms with Crippen LogP contribution in [0.3, 0.4) is 0 Å². The highest BCUT2D eigenvalue weighted by Crippen LogP contribution is 2.36. The van der Waals surface area contributed by atoms with Gasteiger partial charge < -0.3 is 4.90 Å². The van der Waals surface area contributed by atoms with Crippen molar-refractivity contribution in [2.45, 2.75) is 52.4 Å². The normalized spacial score (nSPS) is 10.8. The van der Waals surface area contributed by atoms with Crippen molar-refractivity contribution in [2.24, 2.45) is 0 Å². The van der Waals surface area contributed by atoms with E-state index in [-0.39, 0.29) is 0 Å². The van der Waals surface area contributed by atoms with Gasteiger partial charge in [-0.15, -0.1) is 0 Å². The first-order valence-electron chi connectivity index (χ1n) is 10.4. The van der Waals surface area contributed by atoms with E-state index in [1.807, 2.05) is 0 Å². The first-order chi connectivity index (χ1) is 13.7. The summed E-state index contributed by atoms with van der Waals surface area (Å²) < 4.78 is 1.09. The van der Waals surface area contributed by atoms with Crippen LogP contribution >= 0.6 is 15.9 Å². The molecule has 3 aromatic carbocycles. The van der Waals surface area contributed by atoms with Crippen molar-refractivity contribution in [2.75, 3.05) is 4.90 Å². The molecule has 0 aromatic heterocycles. The van der Waals surface area contributed by atoms with E-state index >= 15 is 0 Å². The molecule has 0 aliphatic rings. The van der Waals surface area contributed by atoms with Crippen LogP contribution in [0.5, 0.6) is 0 Å². The van der Waals surface area contributed by atoms with E-state index in [1.165, 1.54) is 48.2 Å². The summed E-state index contributed by atoms with van der Waals surface area (Å²) in [6.45, 7) is 4.49. The minimum absolute atomic E-state index is 1.09. The van der Waals surface area contributed by atoms with Gasteiger partial charge in [0, 0.05) is 21.5 Å². The fourth-order valence-electron chi connectivity index (χ4n) is 3.45. The number of anilines is 3. The largest absolute Gasteiger partial charge is 0.310 e. The van der Waals surface area contributed by atoms with E-state index in [9.17, 15) is 0 Å². The van der Waals surface area contributed by atoms with Crippen molar-refractivity contribution in [1.82, 2.24) is 0 Å². The van der Waals surface area contributed by atoms with Gasteiger partial charge in [-0.1, -0.05) is 73.0 Å². The van der Waals surface area contributed by atoms with Crippen molar-refractivity contribution < 1.29 is 0 Å². The van der Waals surface area contributed by atoms with Crippen LogP contribution < -0.4 is 4.90 Å². The first kappa shape index (κ1) is 20.7. The average molecular weight is 436 g/mol. The summed E-state index contributed by atoms with van der Waals surface area (Å²) in [5.41, 5.74) is 6.38. The maximum Gasteiger partial charge on any atom is 0.0472 e. The van der Waals surface area contributed by atoms with Crippen LogP contribution in [0.4, 0.5) is 17.1 Å². The number of unbranched alkanes of at least 4 members (excludes halogenated alkanes) is 2. The SMILES string of the molecule is CCCCc1ccc(N(c2ccc(CCCC)cc2)c2cccc(Br)c2)cc1. The summed E-state index contributed by atoms with van der Waals surface area (Å²) in [6, 6.07) is 26.6. The minimum atomic E-state index is 1.09. The topological polar surface area (TPSA) is 3.24 Å². The Labute approximate surface area is 178 Å². The molecule has 146 valence electrons. The zero-order chi connectivity index (χ0) is 19.8. The summed E-state index contributed by atoms with van der Waals surface area (Å²) in [7, 11) is 0. The Morgan fingerprint density at radius 2 is 1.14 bits per heavy atom. The fourth-order valence-corrected chi connectivity index (χ4v) is 3.83. The molecule has 0 atom stereocenters. The van der Waals surface area contributed by atoms with Crippen LogP contribution in [-0.4, -0.2) is 0 Å². The number of hydrogen-bond donors (Lipinski definition) is 0. The highest BCUT2D eigenvalue weighted by atomic mass is 79.9. The number of hydrogen-bond acceptors (Lipinski definition) is 1. The van der Waals surface area contributed by atoms with Crippen LogP contribution in [0, 0.1) is 0 Å². The van der Waals surface area contributed by atoms with Crippen molar-refractivity contribution in [3.05, 3.63) is 88.4 Å². The van der Waals surface area contributed by atoms with Crippen molar-refractivity contribution in [3.63, 3.8) is 0 Å². The standard InChI is InChI=1S/C26H30BrN/c1-3-5-8-21-12-16-24(17-13-21)28(26-11-7-10-23(27)20-26)25-18-14-22(15-19-25)9-6-4-2/h7,10-20H,3-6,8-9H2,1-2H3. The molecule has 0 bridgehead atoms. The van der Waals surface area contributed by atoms with Gasteiger partial charge in [-0.25, -0.2) is 0 Å². The van der Waals surface area contributed by atoms with Crippen LogP contribution in [-0.2, 0) is 12.8 Å². The second-order valence-corrected chi connectivity index (χ2v) is 8.27. The van der Waals surface area contributed by atoms with Gasteiger partial charge in [-0.05, 0) is 79.3 Å². The van der Waals surface area contributed by atoms with Gasteiger partial charge in [-0.3, -0.25) is 0 Å². The molecule has 0 amide bonds. The van der Waals surface area contributed by atoms with Gasteiger partial charge in [0.1, 0.15) is 0 Å². The zero-order valence-electron chi connectivity index (χ0n) is 17.0. The van der Waals surface area contributed by atoms with E-state index in [4.69, 9.17) is 0 Å². The van der Waals surface area contributed by atoms with Crippen molar-refractivity contribution >= 4 is 33.0 Å². The van der Waals surface area contributed by atoms with Crippen LogP contribution in [0.1, 0.15) is 50.7 Å². The van der Waals surface area contributed by atoms with Crippen molar-refractivity contribution in [1.29, 1.82) is 0 Å². The Balaban J connectivity index is 1.93. The Kier molecular flexibility index (Phi) is 7.73. The molecule has 0 aliphatic carbocycles. The molecule has 0 saturated heterocycles. The van der Waals surface area contributed by atoms with Gasteiger partial charge in [-0.2, -0.15) is 0 Å². The lowest BCUT2D eigenvalue weighted by atomic mass is 10.1. The summed E-state index contributed by atoms with van der Waals surface area (Å²) in [6.07, 6.45) is 7.26.